The molecule has 3 nitrogen and oxygen atoms in total. The number of benzene rings is 1. The van der Waals surface area contributed by atoms with E-state index in [1.165, 1.54) is 36.1 Å². The van der Waals surface area contributed by atoms with E-state index in [-0.39, 0.29) is 17.8 Å². The minimum absolute atomic E-state index is 0.0250. The quantitative estimate of drug-likeness (QED) is 0.684. The number of alkyl halides is 4. The first-order valence-corrected chi connectivity index (χ1v) is 6.67. The number of carbonyl (C=O) groups is 1. The number of hydrogen-bond donors (Lipinski definition) is 1. The summed E-state index contributed by atoms with van der Waals surface area (Å²) in [5, 5.41) is 8.83. The van der Waals surface area contributed by atoms with Crippen molar-refractivity contribution in [2.24, 2.45) is 0 Å². The van der Waals surface area contributed by atoms with E-state index in [0.29, 0.717) is 5.56 Å². The number of halogens is 4. The molecule has 0 saturated carbocycles. The molecule has 1 heterocycles. The Morgan fingerprint density at radius 3 is 2.17 bits per heavy atom. The van der Waals surface area contributed by atoms with Crippen LogP contribution in [0.2, 0.25) is 0 Å². The highest BCUT2D eigenvalue weighted by Crippen LogP contribution is 2.28. The summed E-state index contributed by atoms with van der Waals surface area (Å²) in [5.41, 5.74) is 0.515. The van der Waals surface area contributed by atoms with Crippen LogP contribution in [0.4, 0.5) is 17.6 Å². The predicted molar refractivity (Wildman–Crippen MR) is 76.3 cm³/mol. The van der Waals surface area contributed by atoms with Crippen molar-refractivity contribution in [3.63, 3.8) is 0 Å². The molecule has 1 N–H and O–H groups in total. The monoisotopic (exact) mass is 327 g/mol. The normalized spacial score (nSPS) is 19.0. The van der Waals surface area contributed by atoms with Crippen molar-refractivity contribution in [2.75, 3.05) is 13.1 Å². The van der Waals surface area contributed by atoms with E-state index in [0.717, 1.165) is 4.90 Å². The zero-order chi connectivity index (χ0) is 17.3. The molecule has 0 unspecified atom stereocenters. The summed E-state index contributed by atoms with van der Waals surface area (Å²) in [6.07, 6.45) is -0.692. The zero-order valence-electron chi connectivity index (χ0n) is 12.0. The number of nitrogens with zero attached hydrogens (tertiary/aromatic N) is 1. The molecular weight excluding hydrogens is 314 g/mol. The highest BCUT2D eigenvalue weighted by atomic mass is 19.3. The number of aromatic carboxylic acids is 1. The third-order valence-corrected chi connectivity index (χ3v) is 3.36. The van der Waals surface area contributed by atoms with Gasteiger partial charge in [0.15, 0.2) is 0 Å². The summed E-state index contributed by atoms with van der Waals surface area (Å²) in [5.74, 6) is -5.58. The fraction of sp³-hybridized carbons (Fsp3) is 0.312. The second-order valence-electron chi connectivity index (χ2n) is 5.16. The fourth-order valence-corrected chi connectivity index (χ4v) is 2.10. The average molecular weight is 327 g/mol. The van der Waals surface area contributed by atoms with Crippen molar-refractivity contribution in [1.82, 2.24) is 4.90 Å². The van der Waals surface area contributed by atoms with Gasteiger partial charge in [-0.25, -0.2) is 4.79 Å². The van der Waals surface area contributed by atoms with Gasteiger partial charge in [0.25, 0.3) is 0 Å². The SMILES string of the molecule is C=C(c1ccc(C(=O)O)cc1)N1CCC(F)(F)C#CC(F)(F)C1. The van der Waals surface area contributed by atoms with Gasteiger partial charge in [-0.2, -0.15) is 17.6 Å². The topological polar surface area (TPSA) is 40.5 Å². The first-order chi connectivity index (χ1) is 10.6. The second kappa shape index (κ2) is 5.95. The summed E-state index contributed by atoms with van der Waals surface area (Å²) in [7, 11) is 0. The lowest BCUT2D eigenvalue weighted by Gasteiger charge is -2.31. The van der Waals surface area contributed by atoms with Crippen LogP contribution in [0.1, 0.15) is 22.3 Å². The van der Waals surface area contributed by atoms with Gasteiger partial charge in [-0.15, -0.1) is 0 Å². The van der Waals surface area contributed by atoms with E-state index in [2.05, 4.69) is 6.58 Å². The van der Waals surface area contributed by atoms with E-state index >= 15 is 0 Å². The van der Waals surface area contributed by atoms with Gasteiger partial charge < -0.3 is 10.0 Å². The Morgan fingerprint density at radius 1 is 1.09 bits per heavy atom. The molecule has 1 aliphatic rings. The maximum atomic E-state index is 13.6. The van der Waals surface area contributed by atoms with Crippen LogP contribution in [0, 0.1) is 11.8 Å². The van der Waals surface area contributed by atoms with E-state index in [1.54, 1.807) is 0 Å². The second-order valence-corrected chi connectivity index (χ2v) is 5.16. The molecule has 0 bridgehead atoms. The standard InChI is InChI=1S/C16H13F4NO2/c1-11(12-2-4-13(5-3-12)14(22)23)21-9-8-15(17,18)6-7-16(19,20)10-21/h2-5H,1,8-10H2,(H,22,23). The number of carboxylic acid groups (broad SMARTS) is 1. The van der Waals surface area contributed by atoms with Gasteiger partial charge in [-0.1, -0.05) is 18.7 Å². The van der Waals surface area contributed by atoms with E-state index in [4.69, 9.17) is 5.11 Å². The molecule has 0 aliphatic carbocycles. The summed E-state index contributed by atoms with van der Waals surface area (Å²) >= 11 is 0. The van der Waals surface area contributed by atoms with Crippen molar-refractivity contribution < 1.29 is 27.5 Å². The summed E-state index contributed by atoms with van der Waals surface area (Å²) in [6, 6.07) is 5.37. The molecule has 1 aromatic carbocycles. The van der Waals surface area contributed by atoms with Gasteiger partial charge in [0.2, 0.25) is 0 Å². The van der Waals surface area contributed by atoms with Crippen molar-refractivity contribution in [3.8, 4) is 11.8 Å². The Hall–Kier alpha value is -2.49. The van der Waals surface area contributed by atoms with E-state index < -0.39 is 30.8 Å². The predicted octanol–water partition coefficient (Wildman–Crippen LogP) is 3.34. The van der Waals surface area contributed by atoms with Crippen molar-refractivity contribution in [2.45, 2.75) is 18.3 Å². The summed E-state index contributed by atoms with van der Waals surface area (Å²) < 4.78 is 53.9. The van der Waals surface area contributed by atoms with Gasteiger partial charge >= 0.3 is 17.8 Å². The molecule has 0 fully saturated rings. The molecule has 0 amide bonds. The lowest BCUT2D eigenvalue weighted by Crippen LogP contribution is -2.39. The molecule has 122 valence electrons. The highest BCUT2D eigenvalue weighted by molar-refractivity contribution is 5.88. The molecule has 0 aromatic heterocycles. The fourth-order valence-electron chi connectivity index (χ4n) is 2.10. The summed E-state index contributed by atoms with van der Waals surface area (Å²) in [4.78, 5) is 11.8. The lowest BCUT2D eigenvalue weighted by molar-refractivity contribution is 0.00907. The molecule has 1 aromatic rings. The van der Waals surface area contributed by atoms with Crippen LogP contribution < -0.4 is 0 Å². The van der Waals surface area contributed by atoms with Crippen LogP contribution in [0.15, 0.2) is 30.8 Å². The van der Waals surface area contributed by atoms with Gasteiger partial charge in [-0.05, 0) is 29.5 Å². The molecule has 1 aliphatic heterocycles. The molecule has 0 atom stereocenters. The first kappa shape index (κ1) is 16.9. The molecule has 2 rings (SSSR count). The van der Waals surface area contributed by atoms with Crippen molar-refractivity contribution >= 4 is 11.7 Å². The Labute approximate surface area is 130 Å². The lowest BCUT2D eigenvalue weighted by atomic mass is 10.1. The highest BCUT2D eigenvalue weighted by Gasteiger charge is 2.36. The molecule has 0 spiro atoms. The maximum Gasteiger partial charge on any atom is 0.335 e. The van der Waals surface area contributed by atoms with Gasteiger partial charge in [-0.3, -0.25) is 0 Å². The van der Waals surface area contributed by atoms with Crippen LogP contribution in [-0.2, 0) is 0 Å². The van der Waals surface area contributed by atoms with Crippen LogP contribution in [0.5, 0.6) is 0 Å². The van der Waals surface area contributed by atoms with E-state index in [9.17, 15) is 22.4 Å². The first-order valence-electron chi connectivity index (χ1n) is 6.67. The maximum absolute atomic E-state index is 13.6. The Bertz CT molecular complexity index is 686. The van der Waals surface area contributed by atoms with Crippen LogP contribution in [-0.4, -0.2) is 40.9 Å². The average Bonchev–Trinajstić information content (AvgIpc) is 2.48. The van der Waals surface area contributed by atoms with Crippen LogP contribution in [0.25, 0.3) is 5.70 Å². The zero-order valence-corrected chi connectivity index (χ0v) is 12.0. The summed E-state index contributed by atoms with van der Waals surface area (Å²) in [6.45, 7) is 2.47. The Morgan fingerprint density at radius 2 is 1.61 bits per heavy atom. The number of carboxylic acids is 1. The van der Waals surface area contributed by atoms with Crippen LogP contribution in [0.3, 0.4) is 0 Å². The smallest absolute Gasteiger partial charge is 0.335 e. The van der Waals surface area contributed by atoms with Gasteiger partial charge in [0.1, 0.15) is 0 Å². The molecule has 0 radical (unpaired) electrons. The molecular formula is C16H13F4NO2. The Kier molecular flexibility index (Phi) is 4.37. The van der Waals surface area contributed by atoms with Gasteiger partial charge in [0.05, 0.1) is 12.1 Å². The molecule has 23 heavy (non-hydrogen) atoms. The van der Waals surface area contributed by atoms with E-state index in [1.807, 2.05) is 0 Å². The van der Waals surface area contributed by atoms with Crippen LogP contribution >= 0.6 is 0 Å². The van der Waals surface area contributed by atoms with Crippen molar-refractivity contribution in [3.05, 3.63) is 42.0 Å². The third-order valence-electron chi connectivity index (χ3n) is 3.36. The third kappa shape index (κ3) is 4.25. The molecule has 7 heteroatoms. The van der Waals surface area contributed by atoms with Gasteiger partial charge in [0, 0.05) is 18.7 Å². The largest absolute Gasteiger partial charge is 0.478 e. The number of hydrogen-bond acceptors (Lipinski definition) is 2. The minimum Gasteiger partial charge on any atom is -0.478 e. The Balaban J connectivity index is 2.24. The molecule has 0 saturated heterocycles. The number of rotatable bonds is 3. The minimum atomic E-state index is -3.59. The van der Waals surface area contributed by atoms with Crippen molar-refractivity contribution in [1.29, 1.82) is 0 Å².